The molecule has 2 aromatic heterocycles. The lowest BCUT2D eigenvalue weighted by Crippen LogP contribution is -2.44. The lowest BCUT2D eigenvalue weighted by molar-refractivity contribution is 0.190. The zero-order chi connectivity index (χ0) is 12.5. The van der Waals surface area contributed by atoms with Crippen molar-refractivity contribution >= 4 is 33.9 Å². The van der Waals surface area contributed by atoms with Crippen LogP contribution < -0.4 is 5.32 Å². The van der Waals surface area contributed by atoms with Gasteiger partial charge < -0.3 is 9.84 Å². The van der Waals surface area contributed by atoms with Crippen molar-refractivity contribution in [2.24, 2.45) is 0 Å². The third-order valence-electron chi connectivity index (χ3n) is 3.07. The van der Waals surface area contributed by atoms with E-state index in [2.05, 4.69) is 56.1 Å². The van der Waals surface area contributed by atoms with E-state index < -0.39 is 0 Å². The van der Waals surface area contributed by atoms with E-state index in [1.165, 1.54) is 2.88 Å². The molecule has 0 aromatic carbocycles. The largest absolute Gasteiger partial charge is 0.334 e. The molecule has 0 saturated carbocycles. The van der Waals surface area contributed by atoms with E-state index in [0.717, 1.165) is 31.0 Å². The summed E-state index contributed by atoms with van der Waals surface area (Å²) in [6, 6.07) is 2.26. The third kappa shape index (κ3) is 2.44. The first-order valence-corrected chi connectivity index (χ1v) is 7.69. The molecule has 1 fully saturated rings. The van der Waals surface area contributed by atoms with Crippen LogP contribution in [0.1, 0.15) is 11.9 Å². The molecule has 96 valence electrons. The smallest absolute Gasteiger partial charge is 0.258 e. The molecule has 1 N–H and O–H groups in total. The fourth-order valence-corrected chi connectivity index (χ4v) is 3.32. The molecule has 0 spiro atoms. The molecule has 0 radical (unpaired) electrons. The highest BCUT2D eigenvalue weighted by Gasteiger charge is 2.25. The molecule has 0 bridgehead atoms. The topological polar surface area (TPSA) is 54.2 Å². The van der Waals surface area contributed by atoms with Crippen LogP contribution in [-0.4, -0.2) is 41.7 Å². The summed E-state index contributed by atoms with van der Waals surface area (Å²) in [6.45, 7) is 2.89. The Morgan fingerprint density at radius 1 is 1.61 bits per heavy atom. The predicted molar refractivity (Wildman–Crippen MR) is 78.6 cm³/mol. The Kier molecular flexibility index (Phi) is 3.64. The van der Waals surface area contributed by atoms with Crippen LogP contribution in [0, 0.1) is 2.88 Å². The summed E-state index contributed by atoms with van der Waals surface area (Å²) in [6.07, 6.45) is 0. The SMILES string of the molecule is CN1CCNCC1c1noc(-c2csc(I)c2)n1. The maximum atomic E-state index is 5.35. The molecule has 1 saturated heterocycles. The van der Waals surface area contributed by atoms with Crippen LogP contribution in [0.4, 0.5) is 0 Å². The van der Waals surface area contributed by atoms with E-state index >= 15 is 0 Å². The lowest BCUT2D eigenvalue weighted by atomic mass is 10.2. The quantitative estimate of drug-likeness (QED) is 0.813. The molecular formula is C11H13IN4OS. The highest BCUT2D eigenvalue weighted by atomic mass is 127. The van der Waals surface area contributed by atoms with Gasteiger partial charge in [-0.2, -0.15) is 4.98 Å². The van der Waals surface area contributed by atoms with Gasteiger partial charge in [0.25, 0.3) is 5.89 Å². The molecule has 1 aliphatic rings. The number of nitrogens with zero attached hydrogens (tertiary/aromatic N) is 3. The molecule has 0 aliphatic carbocycles. The van der Waals surface area contributed by atoms with Crippen LogP contribution >= 0.6 is 33.9 Å². The molecule has 1 aliphatic heterocycles. The predicted octanol–water partition coefficient (Wildman–Crippen LogP) is 1.98. The number of halogens is 1. The second-order valence-corrected chi connectivity index (χ2v) is 7.10. The van der Waals surface area contributed by atoms with Crippen LogP contribution in [-0.2, 0) is 0 Å². The van der Waals surface area contributed by atoms with E-state index in [1.54, 1.807) is 11.3 Å². The number of hydrogen-bond donors (Lipinski definition) is 1. The molecule has 18 heavy (non-hydrogen) atoms. The van der Waals surface area contributed by atoms with Crippen LogP contribution in [0.5, 0.6) is 0 Å². The molecule has 2 aromatic rings. The number of likely N-dealkylation sites (N-methyl/N-ethyl adjacent to an activating group) is 1. The zero-order valence-electron chi connectivity index (χ0n) is 9.89. The second kappa shape index (κ2) is 5.24. The summed E-state index contributed by atoms with van der Waals surface area (Å²) in [4.78, 5) is 6.76. The highest BCUT2D eigenvalue weighted by Crippen LogP contribution is 2.27. The van der Waals surface area contributed by atoms with Gasteiger partial charge >= 0.3 is 0 Å². The summed E-state index contributed by atoms with van der Waals surface area (Å²) in [5.74, 6) is 1.38. The van der Waals surface area contributed by atoms with Crippen molar-refractivity contribution < 1.29 is 4.52 Å². The molecule has 0 amide bonds. The Hall–Kier alpha value is -0.510. The van der Waals surface area contributed by atoms with Crippen LogP contribution in [0.3, 0.4) is 0 Å². The Morgan fingerprint density at radius 2 is 2.50 bits per heavy atom. The number of nitrogens with one attached hydrogen (secondary N) is 1. The van der Waals surface area contributed by atoms with Crippen molar-refractivity contribution in [2.45, 2.75) is 6.04 Å². The summed E-state index contributed by atoms with van der Waals surface area (Å²) in [5.41, 5.74) is 1.01. The second-order valence-electron chi connectivity index (χ2n) is 4.30. The zero-order valence-corrected chi connectivity index (χ0v) is 12.9. The average Bonchev–Trinajstić information content (AvgIpc) is 2.98. The van der Waals surface area contributed by atoms with Crippen molar-refractivity contribution in [3.05, 3.63) is 20.2 Å². The van der Waals surface area contributed by atoms with Crippen molar-refractivity contribution in [2.75, 3.05) is 26.7 Å². The number of rotatable bonds is 2. The van der Waals surface area contributed by atoms with Gasteiger partial charge in [-0.25, -0.2) is 0 Å². The molecule has 1 atom stereocenters. The van der Waals surface area contributed by atoms with Gasteiger partial charge in [-0.1, -0.05) is 5.16 Å². The maximum Gasteiger partial charge on any atom is 0.258 e. The molecule has 3 rings (SSSR count). The van der Waals surface area contributed by atoms with E-state index in [9.17, 15) is 0 Å². The van der Waals surface area contributed by atoms with E-state index in [4.69, 9.17) is 4.52 Å². The summed E-state index contributed by atoms with van der Waals surface area (Å²) in [5, 5.41) is 9.51. The first-order chi connectivity index (χ1) is 8.74. The molecule has 7 heteroatoms. The number of thiophene rings is 1. The number of hydrogen-bond acceptors (Lipinski definition) is 6. The third-order valence-corrected chi connectivity index (χ3v) is 4.85. The first kappa shape index (κ1) is 12.5. The summed E-state index contributed by atoms with van der Waals surface area (Å²) >= 11 is 3.97. The molecule has 5 nitrogen and oxygen atoms in total. The number of piperazine rings is 1. The Labute approximate surface area is 123 Å². The maximum absolute atomic E-state index is 5.35. The average molecular weight is 376 g/mol. The lowest BCUT2D eigenvalue weighted by Gasteiger charge is -2.30. The first-order valence-electron chi connectivity index (χ1n) is 5.73. The Balaban J connectivity index is 1.84. The van der Waals surface area contributed by atoms with E-state index in [-0.39, 0.29) is 6.04 Å². The van der Waals surface area contributed by atoms with Crippen LogP contribution in [0.2, 0.25) is 0 Å². The number of aromatic nitrogens is 2. The minimum absolute atomic E-state index is 0.203. The minimum Gasteiger partial charge on any atom is -0.334 e. The summed E-state index contributed by atoms with van der Waals surface area (Å²) in [7, 11) is 2.09. The van der Waals surface area contributed by atoms with Gasteiger partial charge in [0.1, 0.15) is 0 Å². The van der Waals surface area contributed by atoms with Crippen molar-refractivity contribution in [1.82, 2.24) is 20.4 Å². The van der Waals surface area contributed by atoms with Crippen molar-refractivity contribution in [1.29, 1.82) is 0 Å². The monoisotopic (exact) mass is 376 g/mol. The van der Waals surface area contributed by atoms with Crippen molar-refractivity contribution in [3.8, 4) is 11.5 Å². The molecule has 1 unspecified atom stereocenters. The standard InChI is InChI=1S/C11H13IN4OS/c1-16-3-2-13-5-8(16)10-14-11(17-15-10)7-4-9(12)18-6-7/h4,6,8,13H,2-3,5H2,1H3. The Bertz CT molecular complexity index is 541. The van der Waals surface area contributed by atoms with Crippen LogP contribution in [0.15, 0.2) is 16.0 Å². The van der Waals surface area contributed by atoms with E-state index in [1.807, 2.05) is 5.38 Å². The molecule has 3 heterocycles. The van der Waals surface area contributed by atoms with E-state index in [0.29, 0.717) is 5.89 Å². The normalized spacial score (nSPS) is 21.3. The van der Waals surface area contributed by atoms with Gasteiger partial charge in [-0.15, -0.1) is 11.3 Å². The minimum atomic E-state index is 0.203. The van der Waals surface area contributed by atoms with Gasteiger partial charge in [-0.05, 0) is 35.7 Å². The molecular weight excluding hydrogens is 363 g/mol. The highest BCUT2D eigenvalue weighted by molar-refractivity contribution is 14.1. The van der Waals surface area contributed by atoms with Gasteiger partial charge in [0.15, 0.2) is 5.82 Å². The fourth-order valence-electron chi connectivity index (χ4n) is 2.00. The van der Waals surface area contributed by atoms with Gasteiger partial charge in [0.2, 0.25) is 0 Å². The fraction of sp³-hybridized carbons (Fsp3) is 0.455. The van der Waals surface area contributed by atoms with Crippen LogP contribution in [0.25, 0.3) is 11.5 Å². The Morgan fingerprint density at radius 3 is 3.22 bits per heavy atom. The van der Waals surface area contributed by atoms with Gasteiger partial charge in [0, 0.05) is 25.0 Å². The van der Waals surface area contributed by atoms with Gasteiger partial charge in [-0.3, -0.25) is 4.90 Å². The van der Waals surface area contributed by atoms with Gasteiger partial charge in [0.05, 0.1) is 14.5 Å². The van der Waals surface area contributed by atoms with Crippen molar-refractivity contribution in [3.63, 3.8) is 0 Å². The summed E-state index contributed by atoms with van der Waals surface area (Å²) < 4.78 is 6.57.